The summed E-state index contributed by atoms with van der Waals surface area (Å²) in [5.41, 5.74) is 0.967. The molecule has 0 unspecified atom stereocenters. The third kappa shape index (κ3) is 6.53. The fraction of sp³-hybridized carbons (Fsp3) is 0.217. The first-order valence-electron chi connectivity index (χ1n) is 10.2. The van der Waals surface area contributed by atoms with Gasteiger partial charge < -0.3 is 19.9 Å². The molecule has 0 bridgehead atoms. The molecule has 0 radical (unpaired) electrons. The number of thioether (sulfide) groups is 1. The van der Waals surface area contributed by atoms with Crippen molar-refractivity contribution in [3.8, 4) is 5.75 Å². The first-order valence-corrected chi connectivity index (χ1v) is 11.9. The second-order valence-electron chi connectivity index (χ2n) is 7.12. The molecule has 0 saturated carbocycles. The van der Waals surface area contributed by atoms with Crippen molar-refractivity contribution in [2.75, 3.05) is 18.2 Å². The van der Waals surface area contributed by atoms with Gasteiger partial charge in [-0.3, -0.25) is 9.59 Å². The van der Waals surface area contributed by atoms with Gasteiger partial charge in [0.2, 0.25) is 5.91 Å². The Bertz CT molecular complexity index is 1180. The minimum absolute atomic E-state index is 0.127. The Labute approximate surface area is 211 Å². The topological polar surface area (TPSA) is 98.1 Å². The average Bonchev–Trinajstić information content (AvgIpc) is 3.21. The number of carbonyl (C=O) groups excluding carboxylic acids is 2. The van der Waals surface area contributed by atoms with Crippen molar-refractivity contribution in [2.45, 2.75) is 24.7 Å². The summed E-state index contributed by atoms with van der Waals surface area (Å²) in [6.45, 7) is 5.98. The van der Waals surface area contributed by atoms with Crippen LogP contribution in [0.3, 0.4) is 0 Å². The van der Waals surface area contributed by atoms with Gasteiger partial charge in [-0.15, -0.1) is 16.8 Å². The predicted octanol–water partition coefficient (Wildman–Crippen LogP) is 5.00. The van der Waals surface area contributed by atoms with Gasteiger partial charge in [-0.2, -0.15) is 0 Å². The van der Waals surface area contributed by atoms with Crippen LogP contribution in [0.5, 0.6) is 5.75 Å². The highest BCUT2D eigenvalue weighted by Gasteiger charge is 2.21. The summed E-state index contributed by atoms with van der Waals surface area (Å²) in [5, 5.41) is 15.4. The largest absolute Gasteiger partial charge is 0.497 e. The molecule has 2 N–H and O–H groups in total. The molecule has 8 nitrogen and oxygen atoms in total. The van der Waals surface area contributed by atoms with E-state index in [4.69, 9.17) is 27.9 Å². The molecule has 3 aromatic rings. The lowest BCUT2D eigenvalue weighted by Crippen LogP contribution is -2.29. The smallest absolute Gasteiger partial charge is 0.253 e. The molecule has 0 spiro atoms. The average molecular weight is 520 g/mol. The fourth-order valence-corrected chi connectivity index (χ4v) is 4.29. The maximum Gasteiger partial charge on any atom is 0.253 e. The fourth-order valence-electron chi connectivity index (χ4n) is 3.04. The van der Waals surface area contributed by atoms with E-state index >= 15 is 0 Å². The lowest BCUT2D eigenvalue weighted by atomic mass is 10.2. The molecular weight excluding hydrogens is 497 g/mol. The number of halogens is 2. The predicted molar refractivity (Wildman–Crippen MR) is 135 cm³/mol. The number of benzene rings is 2. The monoisotopic (exact) mass is 519 g/mol. The zero-order valence-electron chi connectivity index (χ0n) is 18.5. The molecule has 34 heavy (non-hydrogen) atoms. The maximum atomic E-state index is 12.7. The number of nitrogens with zero attached hydrogens (tertiary/aromatic N) is 3. The number of anilines is 1. The van der Waals surface area contributed by atoms with E-state index in [9.17, 15) is 9.59 Å². The van der Waals surface area contributed by atoms with Crippen LogP contribution < -0.4 is 15.4 Å². The Kier molecular flexibility index (Phi) is 8.98. The molecule has 0 saturated heterocycles. The van der Waals surface area contributed by atoms with Gasteiger partial charge in [0.25, 0.3) is 5.91 Å². The van der Waals surface area contributed by atoms with Crippen LogP contribution in [0.1, 0.15) is 29.1 Å². The van der Waals surface area contributed by atoms with Crippen molar-refractivity contribution in [1.82, 2.24) is 20.1 Å². The highest BCUT2D eigenvalue weighted by Crippen LogP contribution is 2.24. The molecule has 1 heterocycles. The van der Waals surface area contributed by atoms with E-state index in [0.29, 0.717) is 39.5 Å². The first-order chi connectivity index (χ1) is 16.3. The number of amides is 2. The van der Waals surface area contributed by atoms with Gasteiger partial charge in [-0.25, -0.2) is 0 Å². The van der Waals surface area contributed by atoms with Crippen LogP contribution >= 0.6 is 35.0 Å². The molecule has 0 fully saturated rings. The highest BCUT2D eigenvalue weighted by atomic mass is 35.5. The van der Waals surface area contributed by atoms with E-state index in [1.54, 1.807) is 61.1 Å². The summed E-state index contributed by atoms with van der Waals surface area (Å²) in [6, 6.07) is 11.2. The second-order valence-corrected chi connectivity index (χ2v) is 8.91. The number of hydrogen-bond donors (Lipinski definition) is 2. The molecular formula is C23H23Cl2N5O3S. The molecule has 11 heteroatoms. The van der Waals surface area contributed by atoms with Crippen LogP contribution in [0.15, 0.2) is 60.3 Å². The van der Waals surface area contributed by atoms with E-state index in [-0.39, 0.29) is 22.6 Å². The first kappa shape index (κ1) is 25.6. The van der Waals surface area contributed by atoms with Gasteiger partial charge in [0.05, 0.1) is 29.5 Å². The standard InChI is InChI=1S/C23H23Cl2N5O3S/c1-4-11-30-21(14(2)26-22(32)18-10-5-15(24)12-19(18)25)28-29-23(30)34-13-20(31)27-16-6-8-17(33-3)9-7-16/h4-10,12,14H,1,11,13H2,2-3H3,(H,26,32)(H,27,31)/t14-/m0/s1. The number of methoxy groups -OCH3 is 1. The molecule has 178 valence electrons. The summed E-state index contributed by atoms with van der Waals surface area (Å²) >= 11 is 13.3. The number of nitrogens with one attached hydrogen (secondary N) is 2. The van der Waals surface area contributed by atoms with Crippen LogP contribution in [-0.2, 0) is 11.3 Å². The van der Waals surface area contributed by atoms with Crippen molar-refractivity contribution in [3.63, 3.8) is 0 Å². The van der Waals surface area contributed by atoms with Crippen molar-refractivity contribution >= 4 is 52.5 Å². The van der Waals surface area contributed by atoms with Gasteiger partial charge in [-0.05, 0) is 49.4 Å². The highest BCUT2D eigenvalue weighted by molar-refractivity contribution is 7.99. The molecule has 0 aliphatic carbocycles. The third-order valence-corrected chi connectivity index (χ3v) is 6.19. The lowest BCUT2D eigenvalue weighted by Gasteiger charge is -2.16. The Hall–Kier alpha value is -3.01. The van der Waals surface area contributed by atoms with E-state index in [1.807, 2.05) is 0 Å². The maximum absolute atomic E-state index is 12.7. The number of ether oxygens (including phenoxy) is 1. The van der Waals surface area contributed by atoms with Gasteiger partial charge in [-0.1, -0.05) is 41.0 Å². The van der Waals surface area contributed by atoms with Crippen LogP contribution in [-0.4, -0.2) is 39.4 Å². The van der Waals surface area contributed by atoms with Crippen LogP contribution in [0, 0.1) is 0 Å². The van der Waals surface area contributed by atoms with E-state index in [1.165, 1.54) is 17.8 Å². The lowest BCUT2D eigenvalue weighted by molar-refractivity contribution is -0.113. The van der Waals surface area contributed by atoms with Crippen molar-refractivity contribution < 1.29 is 14.3 Å². The van der Waals surface area contributed by atoms with Crippen LogP contribution in [0.2, 0.25) is 10.0 Å². The third-order valence-electron chi connectivity index (χ3n) is 4.67. The minimum atomic E-state index is -0.478. The van der Waals surface area contributed by atoms with Crippen LogP contribution in [0.25, 0.3) is 0 Å². The summed E-state index contributed by atoms with van der Waals surface area (Å²) in [7, 11) is 1.58. The zero-order chi connectivity index (χ0) is 24.7. The van der Waals surface area contributed by atoms with E-state index in [2.05, 4.69) is 27.4 Å². The Morgan fingerprint density at radius 2 is 1.94 bits per heavy atom. The quantitative estimate of drug-likeness (QED) is 0.288. The molecule has 3 rings (SSSR count). The van der Waals surface area contributed by atoms with Crippen molar-refractivity contribution in [1.29, 1.82) is 0 Å². The SMILES string of the molecule is C=CCn1c(SCC(=O)Nc2ccc(OC)cc2)nnc1[C@H](C)NC(=O)c1ccc(Cl)cc1Cl. The molecule has 2 amide bonds. The molecule has 0 aliphatic rings. The van der Waals surface area contributed by atoms with Crippen molar-refractivity contribution in [3.05, 3.63) is 76.6 Å². The Morgan fingerprint density at radius 3 is 2.59 bits per heavy atom. The molecule has 1 atom stereocenters. The molecule has 2 aromatic carbocycles. The van der Waals surface area contributed by atoms with Gasteiger partial charge >= 0.3 is 0 Å². The number of rotatable bonds is 10. The van der Waals surface area contributed by atoms with E-state index in [0.717, 1.165) is 0 Å². The number of carbonyl (C=O) groups is 2. The van der Waals surface area contributed by atoms with Gasteiger partial charge in [0.1, 0.15) is 5.75 Å². The molecule has 1 aromatic heterocycles. The van der Waals surface area contributed by atoms with Crippen molar-refractivity contribution in [2.24, 2.45) is 0 Å². The summed E-state index contributed by atoms with van der Waals surface area (Å²) in [6.07, 6.45) is 1.69. The van der Waals surface area contributed by atoms with Crippen LogP contribution in [0.4, 0.5) is 5.69 Å². The Balaban J connectivity index is 1.66. The van der Waals surface area contributed by atoms with Gasteiger partial charge in [0, 0.05) is 17.3 Å². The van der Waals surface area contributed by atoms with E-state index < -0.39 is 6.04 Å². The summed E-state index contributed by atoms with van der Waals surface area (Å²) < 4.78 is 6.91. The summed E-state index contributed by atoms with van der Waals surface area (Å²) in [5.74, 6) is 0.801. The summed E-state index contributed by atoms with van der Waals surface area (Å²) in [4.78, 5) is 25.1. The normalized spacial score (nSPS) is 11.5. The number of hydrogen-bond acceptors (Lipinski definition) is 6. The zero-order valence-corrected chi connectivity index (χ0v) is 20.9. The second kappa shape index (κ2) is 11.9. The van der Waals surface area contributed by atoms with Gasteiger partial charge in [0.15, 0.2) is 11.0 Å². The number of aromatic nitrogens is 3. The Morgan fingerprint density at radius 1 is 1.21 bits per heavy atom. The number of allylic oxidation sites excluding steroid dienone is 1. The molecule has 0 aliphatic heterocycles. The minimum Gasteiger partial charge on any atom is -0.497 e.